The molecule has 0 saturated heterocycles. The van der Waals surface area contributed by atoms with E-state index in [0.29, 0.717) is 0 Å². The number of aromatic nitrogens is 1. The Kier molecular flexibility index (Phi) is 12.1. The molecule has 0 aliphatic carbocycles. The number of nitrogens with zero attached hydrogens (tertiary/aromatic N) is 3. The largest absolute Gasteiger partial charge is 0.383 e. The molecule has 0 fully saturated rings. The molecule has 152 valence electrons. The Labute approximate surface area is 180 Å². The first-order valence-electron chi connectivity index (χ1n) is 9.48. The van der Waals surface area contributed by atoms with Crippen LogP contribution in [0.15, 0.2) is 41.5 Å². The van der Waals surface area contributed by atoms with E-state index in [2.05, 4.69) is 75.6 Å². The third-order valence-electron chi connectivity index (χ3n) is 4.31. The third-order valence-corrected chi connectivity index (χ3v) is 4.31. The van der Waals surface area contributed by atoms with E-state index in [1.165, 1.54) is 10.9 Å². The highest BCUT2D eigenvalue weighted by Crippen LogP contribution is 2.15. The molecule has 0 bridgehead atoms. The zero-order valence-electron chi connectivity index (χ0n) is 16.8. The highest BCUT2D eigenvalue weighted by Gasteiger charge is 2.01. The average Bonchev–Trinajstić information content (AvgIpc) is 3.06. The second-order valence-corrected chi connectivity index (χ2v) is 6.41. The Morgan fingerprint density at radius 1 is 1.19 bits per heavy atom. The summed E-state index contributed by atoms with van der Waals surface area (Å²) in [4.78, 5) is 6.94. The van der Waals surface area contributed by atoms with Crippen LogP contribution in [-0.4, -0.2) is 68.9 Å². The third kappa shape index (κ3) is 8.49. The number of hydrogen-bond acceptors (Lipinski definition) is 3. The van der Waals surface area contributed by atoms with Crippen molar-refractivity contribution >= 4 is 40.8 Å². The molecule has 1 aromatic carbocycles. The van der Waals surface area contributed by atoms with Crippen LogP contribution in [0.2, 0.25) is 0 Å². The number of halogens is 1. The summed E-state index contributed by atoms with van der Waals surface area (Å²) in [6, 6.07) is 10.7. The molecular formula is C20H34IN5O. The number of guanidine groups is 1. The van der Waals surface area contributed by atoms with Gasteiger partial charge in [0.2, 0.25) is 0 Å². The lowest BCUT2D eigenvalue weighted by atomic mass is 10.2. The van der Waals surface area contributed by atoms with Gasteiger partial charge in [0, 0.05) is 58.1 Å². The van der Waals surface area contributed by atoms with Gasteiger partial charge in [0.25, 0.3) is 0 Å². The zero-order chi connectivity index (χ0) is 18.6. The summed E-state index contributed by atoms with van der Waals surface area (Å²) in [7, 11) is 3.84. The number of ether oxygens (including phenoxy) is 1. The minimum atomic E-state index is 0. The van der Waals surface area contributed by atoms with E-state index in [1.54, 1.807) is 7.11 Å². The molecule has 0 radical (unpaired) electrons. The zero-order valence-corrected chi connectivity index (χ0v) is 19.1. The van der Waals surface area contributed by atoms with Gasteiger partial charge in [-0.3, -0.25) is 4.99 Å². The van der Waals surface area contributed by atoms with Crippen molar-refractivity contribution in [3.63, 3.8) is 0 Å². The van der Waals surface area contributed by atoms with Gasteiger partial charge in [-0.05, 0) is 37.9 Å². The Hall–Kier alpha value is -1.32. The maximum atomic E-state index is 5.10. The fourth-order valence-corrected chi connectivity index (χ4v) is 2.83. The van der Waals surface area contributed by atoms with Crippen LogP contribution in [0.5, 0.6) is 0 Å². The second kappa shape index (κ2) is 13.8. The predicted octanol–water partition coefficient (Wildman–Crippen LogP) is 2.78. The molecular weight excluding hydrogens is 453 g/mol. The number of benzene rings is 1. The number of rotatable bonds is 11. The highest BCUT2D eigenvalue weighted by atomic mass is 127. The monoisotopic (exact) mass is 487 g/mol. The first-order chi connectivity index (χ1) is 12.7. The van der Waals surface area contributed by atoms with E-state index < -0.39 is 0 Å². The van der Waals surface area contributed by atoms with Gasteiger partial charge >= 0.3 is 0 Å². The van der Waals surface area contributed by atoms with E-state index in [4.69, 9.17) is 4.74 Å². The molecule has 0 aliphatic rings. The minimum absolute atomic E-state index is 0. The highest BCUT2D eigenvalue weighted by molar-refractivity contribution is 14.0. The molecule has 1 heterocycles. The van der Waals surface area contributed by atoms with Gasteiger partial charge in [0.1, 0.15) is 0 Å². The summed E-state index contributed by atoms with van der Waals surface area (Å²) in [5.74, 6) is 0.894. The molecule has 7 heteroatoms. The van der Waals surface area contributed by atoms with Gasteiger partial charge in [0.15, 0.2) is 5.96 Å². The molecule has 6 nitrogen and oxygen atoms in total. The van der Waals surface area contributed by atoms with Crippen LogP contribution in [0.3, 0.4) is 0 Å². The smallest absolute Gasteiger partial charge is 0.191 e. The lowest BCUT2D eigenvalue weighted by molar-refractivity contribution is 0.162. The quantitative estimate of drug-likeness (QED) is 0.222. The molecule has 2 rings (SSSR count). The number of fused-ring (bicyclic) bond motifs is 1. The summed E-state index contributed by atoms with van der Waals surface area (Å²) < 4.78 is 7.40. The summed E-state index contributed by atoms with van der Waals surface area (Å²) in [5, 5.41) is 8.01. The number of aryl methyl sites for hydroxylation is 1. The van der Waals surface area contributed by atoms with Crippen molar-refractivity contribution in [2.24, 2.45) is 4.99 Å². The molecule has 0 amide bonds. The number of hydrogen-bond donors (Lipinski definition) is 2. The molecule has 1 aromatic heterocycles. The van der Waals surface area contributed by atoms with E-state index in [1.807, 2.05) is 0 Å². The second-order valence-electron chi connectivity index (χ2n) is 6.41. The number of aliphatic imine (C=N–C) groups is 1. The maximum absolute atomic E-state index is 5.10. The van der Waals surface area contributed by atoms with Gasteiger partial charge in [-0.1, -0.05) is 18.2 Å². The van der Waals surface area contributed by atoms with Crippen molar-refractivity contribution in [2.75, 3.05) is 53.5 Å². The minimum Gasteiger partial charge on any atom is -0.383 e. The van der Waals surface area contributed by atoms with E-state index >= 15 is 0 Å². The number of methoxy groups -OCH3 is 1. The molecule has 0 atom stereocenters. The Morgan fingerprint density at radius 2 is 2.00 bits per heavy atom. The van der Waals surface area contributed by atoms with Crippen LogP contribution >= 0.6 is 24.0 Å². The topological polar surface area (TPSA) is 53.8 Å². The summed E-state index contributed by atoms with van der Waals surface area (Å²) in [5.41, 5.74) is 1.29. The van der Waals surface area contributed by atoms with Gasteiger partial charge < -0.3 is 24.8 Å². The van der Waals surface area contributed by atoms with Crippen molar-refractivity contribution in [3.05, 3.63) is 36.5 Å². The van der Waals surface area contributed by atoms with E-state index in [9.17, 15) is 0 Å². The first kappa shape index (κ1) is 23.7. The van der Waals surface area contributed by atoms with Crippen molar-refractivity contribution in [2.45, 2.75) is 19.9 Å². The van der Waals surface area contributed by atoms with E-state index in [-0.39, 0.29) is 24.0 Å². The summed E-state index contributed by atoms with van der Waals surface area (Å²) >= 11 is 0. The van der Waals surface area contributed by atoms with Gasteiger partial charge in [0.05, 0.1) is 6.61 Å². The number of likely N-dealkylation sites (N-methyl/N-ethyl adjacent to an activating group) is 1. The van der Waals surface area contributed by atoms with Crippen LogP contribution in [0.1, 0.15) is 13.3 Å². The maximum Gasteiger partial charge on any atom is 0.191 e. The molecule has 0 saturated carbocycles. The van der Waals surface area contributed by atoms with Crippen molar-refractivity contribution in [3.8, 4) is 0 Å². The number of para-hydroxylation sites is 1. The predicted molar refractivity (Wildman–Crippen MR) is 125 cm³/mol. The van der Waals surface area contributed by atoms with Crippen LogP contribution in [-0.2, 0) is 11.3 Å². The Bertz CT molecular complexity index is 673. The molecule has 27 heavy (non-hydrogen) atoms. The Morgan fingerprint density at radius 3 is 2.78 bits per heavy atom. The normalized spacial score (nSPS) is 11.6. The van der Waals surface area contributed by atoms with Crippen LogP contribution in [0, 0.1) is 0 Å². The van der Waals surface area contributed by atoms with Crippen LogP contribution in [0.4, 0.5) is 0 Å². The van der Waals surface area contributed by atoms with Gasteiger partial charge in [-0.25, -0.2) is 0 Å². The molecule has 0 unspecified atom stereocenters. The van der Waals surface area contributed by atoms with Gasteiger partial charge in [-0.2, -0.15) is 0 Å². The average molecular weight is 487 g/mol. The lowest BCUT2D eigenvalue weighted by Crippen LogP contribution is -2.41. The van der Waals surface area contributed by atoms with Gasteiger partial charge in [-0.15, -0.1) is 24.0 Å². The van der Waals surface area contributed by atoms with Crippen LogP contribution < -0.4 is 10.6 Å². The van der Waals surface area contributed by atoms with Crippen molar-refractivity contribution in [1.82, 2.24) is 20.1 Å². The molecule has 2 aromatic rings. The summed E-state index contributed by atoms with van der Waals surface area (Å²) in [6.45, 7) is 8.28. The van der Waals surface area contributed by atoms with Crippen LogP contribution in [0.25, 0.3) is 10.9 Å². The fraction of sp³-hybridized carbons (Fsp3) is 0.550. The molecule has 0 spiro atoms. The Balaban J connectivity index is 0.00000364. The molecule has 2 N–H and O–H groups in total. The number of nitrogens with one attached hydrogen (secondary N) is 2. The standard InChI is InChI=1S/C20H33N5O.HI/c1-4-21-20(23-12-15-24(2)16-17-26-3)22-11-7-13-25-14-10-18-8-5-6-9-19(18)25;/h5-6,8-10,14H,4,7,11-13,15-17H2,1-3H3,(H2,21,22,23);1H. The lowest BCUT2D eigenvalue weighted by Gasteiger charge is -2.17. The first-order valence-corrected chi connectivity index (χ1v) is 9.48. The van der Waals surface area contributed by atoms with Crippen molar-refractivity contribution < 1.29 is 4.74 Å². The van der Waals surface area contributed by atoms with Crippen molar-refractivity contribution in [1.29, 1.82) is 0 Å². The fourth-order valence-electron chi connectivity index (χ4n) is 2.83. The SMILES string of the molecule is CCNC(=NCCCn1ccc2ccccc21)NCCN(C)CCOC.I. The summed E-state index contributed by atoms with van der Waals surface area (Å²) in [6.07, 6.45) is 3.18. The molecule has 0 aliphatic heterocycles. The van der Waals surface area contributed by atoms with E-state index in [0.717, 1.165) is 58.3 Å².